The van der Waals surface area contributed by atoms with E-state index in [1.54, 1.807) is 0 Å². The van der Waals surface area contributed by atoms with Crippen molar-refractivity contribution in [2.45, 2.75) is 6.42 Å². The molecule has 0 saturated carbocycles. The molecule has 66 valence electrons. The van der Waals surface area contributed by atoms with Gasteiger partial charge >= 0.3 is 0 Å². The van der Waals surface area contributed by atoms with E-state index in [1.807, 2.05) is 0 Å². The molecule has 0 radical (unpaired) electrons. The Morgan fingerprint density at radius 3 is 2.91 bits per heavy atom. The summed E-state index contributed by atoms with van der Waals surface area (Å²) in [5.41, 5.74) is 5.02. The van der Waals surface area contributed by atoms with Crippen molar-refractivity contribution >= 4 is 28.3 Å². The van der Waals surface area contributed by atoms with Crippen LogP contribution in [0.1, 0.15) is 6.42 Å². The molecule has 0 aliphatic heterocycles. The molecule has 0 spiro atoms. The molecule has 0 aromatic heterocycles. The summed E-state index contributed by atoms with van der Waals surface area (Å²) in [5.74, 6) is 0.604. The lowest BCUT2D eigenvalue weighted by molar-refractivity contribution is 0.301. The predicted molar refractivity (Wildman–Crippen MR) is 43.9 cm³/mol. The Labute approximate surface area is 71.7 Å². The molecule has 0 bridgehead atoms. The summed E-state index contributed by atoms with van der Waals surface area (Å²) < 4.78 is 23.8. The van der Waals surface area contributed by atoms with Crippen molar-refractivity contribution in [2.75, 3.05) is 12.4 Å². The average molecular weight is 197 g/mol. The lowest BCUT2D eigenvalue weighted by atomic mass is 10.5. The van der Waals surface area contributed by atoms with Crippen LogP contribution in [-0.2, 0) is 15.5 Å². The molecule has 0 aromatic carbocycles. The van der Waals surface area contributed by atoms with Gasteiger partial charge in [-0.2, -0.15) is 0 Å². The van der Waals surface area contributed by atoms with E-state index < -0.39 is 11.4 Å². The topological polar surface area (TPSA) is 99.2 Å². The highest BCUT2D eigenvalue weighted by Gasteiger charge is 1.91. The normalized spacial score (nSPS) is 12.8. The average Bonchev–Trinajstić information content (AvgIpc) is 1.85. The second-order valence-electron chi connectivity index (χ2n) is 1.59. The number of nitrogens with two attached hydrogens (primary N) is 1. The summed E-state index contributed by atoms with van der Waals surface area (Å²) in [7, 11) is 0. The molecule has 0 aliphatic carbocycles. The molecule has 1 unspecified atom stereocenters. The largest absolute Gasteiger partial charge is 0.750 e. The number of hydrogen-bond donors (Lipinski definition) is 2. The van der Waals surface area contributed by atoms with E-state index in [2.05, 4.69) is 4.18 Å². The first-order valence-electron chi connectivity index (χ1n) is 2.82. The second kappa shape index (κ2) is 6.59. The highest BCUT2D eigenvalue weighted by atomic mass is 32.2. The van der Waals surface area contributed by atoms with E-state index in [0.717, 1.165) is 11.8 Å². The van der Waals surface area contributed by atoms with Gasteiger partial charge in [0.2, 0.25) is 0 Å². The molecule has 7 heteroatoms. The molecule has 1 atom stereocenters. The third-order valence-corrected chi connectivity index (χ3v) is 1.89. The third-order valence-electron chi connectivity index (χ3n) is 0.726. The van der Waals surface area contributed by atoms with Crippen molar-refractivity contribution in [3.8, 4) is 0 Å². The van der Waals surface area contributed by atoms with E-state index >= 15 is 0 Å². The highest BCUT2D eigenvalue weighted by Crippen LogP contribution is 2.00. The van der Waals surface area contributed by atoms with Crippen molar-refractivity contribution in [1.29, 1.82) is 5.41 Å². The summed E-state index contributed by atoms with van der Waals surface area (Å²) in [4.78, 5) is 0. The van der Waals surface area contributed by atoms with Crippen LogP contribution >= 0.6 is 11.8 Å². The van der Waals surface area contributed by atoms with Gasteiger partial charge in [0.25, 0.3) is 0 Å². The highest BCUT2D eigenvalue weighted by molar-refractivity contribution is 8.13. The molecule has 0 heterocycles. The van der Waals surface area contributed by atoms with Crippen LogP contribution in [0.5, 0.6) is 0 Å². The molecular formula is C4H9N2O3S2-. The monoisotopic (exact) mass is 197 g/mol. The Bertz CT molecular complexity index is 136. The maximum Gasteiger partial charge on any atom is 0.151 e. The summed E-state index contributed by atoms with van der Waals surface area (Å²) in [5, 5.41) is 6.83. The SMILES string of the molecule is N=C(N)SCCCOS(=O)[O-]. The minimum Gasteiger partial charge on any atom is -0.750 e. The van der Waals surface area contributed by atoms with E-state index in [1.165, 1.54) is 0 Å². The lowest BCUT2D eigenvalue weighted by Crippen LogP contribution is -2.06. The van der Waals surface area contributed by atoms with Crippen LogP contribution in [0.4, 0.5) is 0 Å². The van der Waals surface area contributed by atoms with Crippen molar-refractivity contribution in [1.82, 2.24) is 0 Å². The van der Waals surface area contributed by atoms with Gasteiger partial charge in [0.1, 0.15) is 0 Å². The number of amidine groups is 1. The zero-order chi connectivity index (χ0) is 8.69. The minimum absolute atomic E-state index is 0.0354. The smallest absolute Gasteiger partial charge is 0.151 e. The van der Waals surface area contributed by atoms with Gasteiger partial charge in [-0.15, -0.1) is 0 Å². The van der Waals surface area contributed by atoms with E-state index in [4.69, 9.17) is 11.1 Å². The zero-order valence-electron chi connectivity index (χ0n) is 5.74. The Morgan fingerprint density at radius 1 is 1.82 bits per heavy atom. The van der Waals surface area contributed by atoms with Crippen molar-refractivity contribution < 1.29 is 12.9 Å². The maximum absolute atomic E-state index is 9.80. The molecule has 0 amide bonds. The number of nitrogens with one attached hydrogen (secondary N) is 1. The molecule has 5 nitrogen and oxygen atoms in total. The Balaban J connectivity index is 3.03. The van der Waals surface area contributed by atoms with Crippen molar-refractivity contribution in [3.63, 3.8) is 0 Å². The third kappa shape index (κ3) is 9.89. The fourth-order valence-corrected chi connectivity index (χ4v) is 1.10. The van der Waals surface area contributed by atoms with Crippen LogP contribution in [-0.4, -0.2) is 26.3 Å². The van der Waals surface area contributed by atoms with Crippen LogP contribution in [0.2, 0.25) is 0 Å². The molecule has 11 heavy (non-hydrogen) atoms. The quantitative estimate of drug-likeness (QED) is 0.275. The van der Waals surface area contributed by atoms with Gasteiger partial charge < -0.3 is 14.5 Å². The fourth-order valence-electron chi connectivity index (χ4n) is 0.368. The van der Waals surface area contributed by atoms with Gasteiger partial charge in [-0.25, -0.2) is 4.21 Å². The van der Waals surface area contributed by atoms with Crippen molar-refractivity contribution in [2.24, 2.45) is 5.73 Å². The molecule has 0 aromatic rings. The standard InChI is InChI=1S/C4H10N2O3S2/c5-4(6)10-3-1-2-9-11(7)8/h1-3H2,(H3,5,6)(H,7,8)/p-1. The maximum atomic E-state index is 9.80. The fraction of sp³-hybridized carbons (Fsp3) is 0.750. The lowest BCUT2D eigenvalue weighted by Gasteiger charge is -2.04. The summed E-state index contributed by atoms with van der Waals surface area (Å²) >= 11 is -1.26. The van der Waals surface area contributed by atoms with Gasteiger partial charge in [0, 0.05) is 5.75 Å². The molecular weight excluding hydrogens is 188 g/mol. The zero-order valence-corrected chi connectivity index (χ0v) is 7.37. The van der Waals surface area contributed by atoms with Crippen molar-refractivity contribution in [3.05, 3.63) is 0 Å². The first-order valence-corrected chi connectivity index (χ1v) is 4.81. The van der Waals surface area contributed by atoms with Crippen LogP contribution < -0.4 is 5.73 Å². The molecule has 3 N–H and O–H groups in total. The Morgan fingerprint density at radius 2 is 2.45 bits per heavy atom. The molecule has 0 aliphatic rings. The summed E-state index contributed by atoms with van der Waals surface area (Å²) in [6, 6.07) is 0. The van der Waals surface area contributed by atoms with E-state index in [0.29, 0.717) is 12.2 Å². The first-order chi connectivity index (χ1) is 5.13. The predicted octanol–water partition coefficient (Wildman–Crippen LogP) is -0.186. The molecule has 0 saturated heterocycles. The van der Waals surface area contributed by atoms with Crippen LogP contribution in [0.15, 0.2) is 0 Å². The van der Waals surface area contributed by atoms with E-state index in [9.17, 15) is 8.76 Å². The number of rotatable bonds is 5. The summed E-state index contributed by atoms with van der Waals surface area (Å²) in [6.45, 7) is 0.149. The number of thioether (sulfide) groups is 1. The van der Waals surface area contributed by atoms with Crippen LogP contribution in [0, 0.1) is 5.41 Å². The molecule has 0 rings (SSSR count). The van der Waals surface area contributed by atoms with Crippen LogP contribution in [0.25, 0.3) is 0 Å². The van der Waals surface area contributed by atoms with Gasteiger partial charge in [-0.3, -0.25) is 5.41 Å². The van der Waals surface area contributed by atoms with Gasteiger partial charge in [-0.05, 0) is 6.42 Å². The Hall–Kier alpha value is -0.110. The molecule has 0 fully saturated rings. The van der Waals surface area contributed by atoms with Gasteiger partial charge in [0.15, 0.2) is 5.17 Å². The number of hydrogen-bond acceptors (Lipinski definition) is 5. The Kier molecular flexibility index (Phi) is 6.52. The van der Waals surface area contributed by atoms with Gasteiger partial charge in [0.05, 0.1) is 18.0 Å². The second-order valence-corrected chi connectivity index (χ2v) is 3.37. The summed E-state index contributed by atoms with van der Waals surface area (Å²) in [6.07, 6.45) is 0.568. The van der Waals surface area contributed by atoms with Gasteiger partial charge in [-0.1, -0.05) is 11.8 Å². The first kappa shape index (κ1) is 10.9. The van der Waals surface area contributed by atoms with E-state index in [-0.39, 0.29) is 11.8 Å². The van der Waals surface area contributed by atoms with Crippen LogP contribution in [0.3, 0.4) is 0 Å². The minimum atomic E-state index is -2.42.